The van der Waals surface area contributed by atoms with Gasteiger partial charge in [0.2, 0.25) is 5.91 Å². The van der Waals surface area contributed by atoms with Crippen molar-refractivity contribution in [1.82, 2.24) is 4.90 Å². The van der Waals surface area contributed by atoms with E-state index in [9.17, 15) is 9.59 Å². The molecule has 2 amide bonds. The molecule has 0 saturated carbocycles. The highest BCUT2D eigenvalue weighted by Gasteiger charge is 2.51. The van der Waals surface area contributed by atoms with Crippen LogP contribution in [0.2, 0.25) is 6.32 Å². The van der Waals surface area contributed by atoms with E-state index in [1.165, 1.54) is 4.90 Å². The van der Waals surface area contributed by atoms with Crippen LogP contribution < -0.4 is 0 Å². The zero-order valence-corrected chi connectivity index (χ0v) is 16.0. The number of imide groups is 1. The number of hydrogen-bond donors (Lipinski definition) is 0. The monoisotopic (exact) mass is 359 g/mol. The smallest absolute Gasteiger partial charge is 0.439 e. The van der Waals surface area contributed by atoms with E-state index in [2.05, 4.69) is 0 Å². The Balaban J connectivity index is 1.61. The van der Waals surface area contributed by atoms with Crippen LogP contribution in [0.1, 0.15) is 52.7 Å². The maximum absolute atomic E-state index is 12.6. The summed E-state index contributed by atoms with van der Waals surface area (Å²) < 4.78 is 17.3. The van der Waals surface area contributed by atoms with Crippen LogP contribution in [0.5, 0.6) is 0 Å². The number of ether oxygens (including phenoxy) is 1. The second-order valence-corrected chi connectivity index (χ2v) is 7.94. The van der Waals surface area contributed by atoms with E-state index >= 15 is 0 Å². The summed E-state index contributed by atoms with van der Waals surface area (Å²) in [6.45, 7) is 9.71. The van der Waals surface area contributed by atoms with Crippen LogP contribution in [-0.4, -0.2) is 41.3 Å². The van der Waals surface area contributed by atoms with Crippen LogP contribution in [0.15, 0.2) is 30.3 Å². The molecule has 2 atom stereocenters. The summed E-state index contributed by atoms with van der Waals surface area (Å²) in [5.41, 5.74) is 0.0208. The van der Waals surface area contributed by atoms with E-state index in [1.54, 1.807) is 0 Å². The summed E-state index contributed by atoms with van der Waals surface area (Å²) in [6.07, 6.45) is -0.467. The second kappa shape index (κ2) is 6.70. The number of carbonyl (C=O) groups excluding carboxylic acids is 2. The molecule has 7 heteroatoms. The van der Waals surface area contributed by atoms with E-state index in [-0.39, 0.29) is 18.4 Å². The van der Waals surface area contributed by atoms with Crippen LogP contribution in [-0.2, 0) is 18.8 Å². The predicted octanol–water partition coefficient (Wildman–Crippen LogP) is 3.58. The Hall–Kier alpha value is -1.86. The van der Waals surface area contributed by atoms with Gasteiger partial charge < -0.3 is 14.0 Å². The van der Waals surface area contributed by atoms with Gasteiger partial charge in [-0.3, -0.25) is 4.79 Å². The lowest BCUT2D eigenvalue weighted by molar-refractivity contribution is -0.128. The number of hydrogen-bond acceptors (Lipinski definition) is 5. The van der Waals surface area contributed by atoms with Gasteiger partial charge in [-0.2, -0.15) is 0 Å². The normalized spacial score (nSPS) is 26.9. The molecular formula is C19H26BNO5. The molecule has 0 N–H and O–H groups in total. The van der Waals surface area contributed by atoms with Gasteiger partial charge in [-0.25, -0.2) is 9.69 Å². The summed E-state index contributed by atoms with van der Waals surface area (Å²) in [4.78, 5) is 26.1. The number of amides is 2. The first kappa shape index (κ1) is 18.9. The molecule has 0 aliphatic carbocycles. The largest absolute Gasteiger partial charge is 0.458 e. The van der Waals surface area contributed by atoms with Crippen molar-refractivity contribution < 1.29 is 23.6 Å². The number of nitrogens with zero attached hydrogens (tertiary/aromatic N) is 1. The SMILES string of the molecule is C[C@@H]1[C@H](c2ccccc2)OC(=O)N1C(=O)CCB1OC(C)(C)C(C)(C)O1. The average molecular weight is 359 g/mol. The first-order valence-electron chi connectivity index (χ1n) is 9.05. The Morgan fingerprint density at radius 1 is 1.12 bits per heavy atom. The quantitative estimate of drug-likeness (QED) is 0.769. The van der Waals surface area contributed by atoms with Crippen LogP contribution in [0.3, 0.4) is 0 Å². The van der Waals surface area contributed by atoms with Crippen LogP contribution >= 0.6 is 0 Å². The van der Waals surface area contributed by atoms with Gasteiger partial charge in [0.15, 0.2) is 0 Å². The zero-order valence-electron chi connectivity index (χ0n) is 16.0. The topological polar surface area (TPSA) is 65.1 Å². The highest BCUT2D eigenvalue weighted by Crippen LogP contribution is 2.38. The zero-order chi connectivity index (χ0) is 19.1. The summed E-state index contributed by atoms with van der Waals surface area (Å²) in [7, 11) is -0.456. The molecule has 0 aromatic heterocycles. The molecule has 0 radical (unpaired) electrons. The maximum atomic E-state index is 12.6. The van der Waals surface area contributed by atoms with Gasteiger partial charge >= 0.3 is 13.2 Å². The maximum Gasteiger partial charge on any atom is 0.458 e. The Morgan fingerprint density at radius 3 is 2.27 bits per heavy atom. The average Bonchev–Trinajstić information content (AvgIpc) is 2.98. The fourth-order valence-corrected chi connectivity index (χ4v) is 3.33. The molecule has 0 spiro atoms. The first-order valence-corrected chi connectivity index (χ1v) is 9.05. The molecule has 0 bridgehead atoms. The van der Waals surface area contributed by atoms with Gasteiger partial charge in [0.25, 0.3) is 0 Å². The third-order valence-electron chi connectivity index (χ3n) is 5.56. The molecule has 1 aromatic carbocycles. The number of carbonyl (C=O) groups is 2. The minimum atomic E-state index is -0.592. The highest BCUT2D eigenvalue weighted by molar-refractivity contribution is 6.45. The summed E-state index contributed by atoms with van der Waals surface area (Å²) in [5, 5.41) is 0. The fourth-order valence-electron chi connectivity index (χ4n) is 3.33. The van der Waals surface area contributed by atoms with Crippen LogP contribution in [0.4, 0.5) is 4.79 Å². The van der Waals surface area contributed by atoms with Crippen molar-refractivity contribution in [1.29, 1.82) is 0 Å². The summed E-state index contributed by atoms with van der Waals surface area (Å²) in [6, 6.07) is 9.12. The van der Waals surface area contributed by atoms with Crippen molar-refractivity contribution in [2.75, 3.05) is 0 Å². The van der Waals surface area contributed by atoms with Gasteiger partial charge in [-0.05, 0) is 46.5 Å². The van der Waals surface area contributed by atoms with Crippen LogP contribution in [0.25, 0.3) is 0 Å². The van der Waals surface area contributed by atoms with E-state index in [0.29, 0.717) is 6.32 Å². The second-order valence-electron chi connectivity index (χ2n) is 7.94. The van der Waals surface area contributed by atoms with Gasteiger partial charge in [0.05, 0.1) is 17.2 Å². The summed E-state index contributed by atoms with van der Waals surface area (Å²) >= 11 is 0. The molecule has 2 saturated heterocycles. The van der Waals surface area contributed by atoms with Gasteiger partial charge in [0, 0.05) is 6.42 Å². The van der Waals surface area contributed by atoms with Crippen molar-refractivity contribution in [2.24, 2.45) is 0 Å². The summed E-state index contributed by atoms with van der Waals surface area (Å²) in [5.74, 6) is -0.268. The standard InChI is InChI=1S/C19H26BNO5/c1-13-16(14-9-7-6-8-10-14)24-17(23)21(13)15(22)11-12-20-25-18(2,3)19(4,5)26-20/h6-10,13,16H,11-12H2,1-5H3/t13-,16-/m1/s1. The molecule has 2 aliphatic rings. The van der Waals surface area contributed by atoms with E-state index in [4.69, 9.17) is 14.0 Å². The van der Waals surface area contributed by atoms with Gasteiger partial charge in [-0.1, -0.05) is 30.3 Å². The Kier molecular flexibility index (Phi) is 4.88. The molecule has 3 rings (SSSR count). The van der Waals surface area contributed by atoms with Crippen molar-refractivity contribution in [3.8, 4) is 0 Å². The fraction of sp³-hybridized carbons (Fsp3) is 0.579. The molecule has 26 heavy (non-hydrogen) atoms. The molecule has 2 fully saturated rings. The molecule has 6 nitrogen and oxygen atoms in total. The van der Waals surface area contributed by atoms with E-state index in [0.717, 1.165) is 5.56 Å². The van der Waals surface area contributed by atoms with Crippen molar-refractivity contribution >= 4 is 19.1 Å². The number of cyclic esters (lactones) is 1. The Morgan fingerprint density at radius 2 is 1.69 bits per heavy atom. The lowest BCUT2D eigenvalue weighted by Crippen LogP contribution is -2.41. The Bertz CT molecular complexity index is 674. The minimum Gasteiger partial charge on any atom is -0.439 e. The lowest BCUT2D eigenvalue weighted by Gasteiger charge is -2.32. The molecular weight excluding hydrogens is 333 g/mol. The van der Waals surface area contributed by atoms with Gasteiger partial charge in [-0.15, -0.1) is 0 Å². The highest BCUT2D eigenvalue weighted by atomic mass is 16.7. The van der Waals surface area contributed by atoms with Crippen molar-refractivity contribution in [3.63, 3.8) is 0 Å². The Labute approximate surface area is 154 Å². The lowest BCUT2D eigenvalue weighted by atomic mass is 9.83. The minimum absolute atomic E-state index is 0.164. The molecule has 0 unspecified atom stereocenters. The molecule has 2 heterocycles. The molecule has 140 valence electrons. The first-order chi connectivity index (χ1) is 12.1. The van der Waals surface area contributed by atoms with Crippen molar-refractivity contribution in [2.45, 2.75) is 70.7 Å². The van der Waals surface area contributed by atoms with Crippen LogP contribution in [0, 0.1) is 0 Å². The predicted molar refractivity (Wildman–Crippen MR) is 97.5 cm³/mol. The van der Waals surface area contributed by atoms with E-state index < -0.39 is 30.5 Å². The van der Waals surface area contributed by atoms with Crippen molar-refractivity contribution in [3.05, 3.63) is 35.9 Å². The third kappa shape index (κ3) is 3.38. The number of rotatable bonds is 4. The molecule has 2 aliphatic heterocycles. The number of benzene rings is 1. The molecule has 1 aromatic rings. The van der Waals surface area contributed by atoms with Gasteiger partial charge in [0.1, 0.15) is 6.10 Å². The van der Waals surface area contributed by atoms with E-state index in [1.807, 2.05) is 65.0 Å². The third-order valence-corrected chi connectivity index (χ3v) is 5.56.